The van der Waals surface area contributed by atoms with Gasteiger partial charge in [0.2, 0.25) is 11.8 Å². The van der Waals surface area contributed by atoms with Gasteiger partial charge in [0.1, 0.15) is 5.60 Å². The fraction of sp³-hybridized carbons (Fsp3) is 0.591. The Balaban J connectivity index is 1.59. The number of piperazine rings is 1. The van der Waals surface area contributed by atoms with Gasteiger partial charge < -0.3 is 19.4 Å². The minimum absolute atomic E-state index is 0.00463. The molecule has 0 bridgehead atoms. The highest BCUT2D eigenvalue weighted by molar-refractivity contribution is 6.01. The van der Waals surface area contributed by atoms with E-state index < -0.39 is 5.60 Å². The van der Waals surface area contributed by atoms with Gasteiger partial charge in [0.05, 0.1) is 5.92 Å². The molecule has 0 unspecified atom stereocenters. The van der Waals surface area contributed by atoms with Gasteiger partial charge in [-0.25, -0.2) is 4.79 Å². The van der Waals surface area contributed by atoms with Crippen molar-refractivity contribution in [3.63, 3.8) is 0 Å². The van der Waals surface area contributed by atoms with Crippen molar-refractivity contribution in [3.05, 3.63) is 29.3 Å². The molecule has 0 spiro atoms. The first-order valence-electron chi connectivity index (χ1n) is 10.2. The van der Waals surface area contributed by atoms with Crippen LogP contribution in [0.4, 0.5) is 10.5 Å². The minimum Gasteiger partial charge on any atom is -0.444 e. The van der Waals surface area contributed by atoms with E-state index in [2.05, 4.69) is 0 Å². The van der Waals surface area contributed by atoms with Crippen molar-refractivity contribution < 1.29 is 19.1 Å². The highest BCUT2D eigenvalue weighted by Gasteiger charge is 2.39. The van der Waals surface area contributed by atoms with Gasteiger partial charge in [-0.2, -0.15) is 0 Å². The molecule has 3 amide bonds. The Morgan fingerprint density at radius 1 is 1.03 bits per heavy atom. The van der Waals surface area contributed by atoms with E-state index in [1.807, 2.05) is 52.8 Å². The second kappa shape index (κ2) is 8.05. The molecule has 29 heavy (non-hydrogen) atoms. The Morgan fingerprint density at radius 3 is 2.28 bits per heavy atom. The average Bonchev–Trinajstić information content (AvgIpc) is 3.03. The summed E-state index contributed by atoms with van der Waals surface area (Å²) in [5, 5.41) is 0. The molecular weight excluding hydrogens is 370 g/mol. The maximum Gasteiger partial charge on any atom is 0.410 e. The second-order valence-corrected chi connectivity index (χ2v) is 8.92. The Kier molecular flexibility index (Phi) is 5.87. The lowest BCUT2D eigenvalue weighted by atomic mass is 10.1. The van der Waals surface area contributed by atoms with Gasteiger partial charge in [0, 0.05) is 44.8 Å². The summed E-state index contributed by atoms with van der Waals surface area (Å²) in [4.78, 5) is 42.9. The summed E-state index contributed by atoms with van der Waals surface area (Å²) in [6.45, 7) is 11.8. The molecule has 0 saturated carbocycles. The van der Waals surface area contributed by atoms with E-state index in [1.165, 1.54) is 0 Å². The maximum atomic E-state index is 13.0. The largest absolute Gasteiger partial charge is 0.444 e. The van der Waals surface area contributed by atoms with Crippen molar-refractivity contribution in [2.24, 2.45) is 5.92 Å². The number of aryl methyl sites for hydroxylation is 1. The zero-order valence-corrected chi connectivity index (χ0v) is 18.0. The fourth-order valence-corrected chi connectivity index (χ4v) is 3.83. The first-order valence-corrected chi connectivity index (χ1v) is 10.2. The average molecular weight is 402 g/mol. The SMILES string of the molecule is Cc1cccc(N2C[C@H](C(=O)N3CCN(C(=O)OC(C)(C)C)CC3)CC2=O)c1C. The first kappa shape index (κ1) is 21.1. The van der Waals surface area contributed by atoms with Crippen LogP contribution in [0.5, 0.6) is 0 Å². The van der Waals surface area contributed by atoms with Gasteiger partial charge in [-0.15, -0.1) is 0 Å². The monoisotopic (exact) mass is 401 g/mol. The Hall–Kier alpha value is -2.57. The summed E-state index contributed by atoms with van der Waals surface area (Å²) >= 11 is 0. The molecule has 1 aromatic rings. The predicted octanol–water partition coefficient (Wildman–Crippen LogP) is 2.74. The van der Waals surface area contributed by atoms with Crippen molar-refractivity contribution >= 4 is 23.6 Å². The van der Waals surface area contributed by atoms with Gasteiger partial charge in [0.15, 0.2) is 0 Å². The van der Waals surface area contributed by atoms with E-state index in [0.717, 1.165) is 16.8 Å². The molecule has 2 fully saturated rings. The quantitative estimate of drug-likeness (QED) is 0.764. The molecule has 7 nitrogen and oxygen atoms in total. The number of nitrogens with zero attached hydrogens (tertiary/aromatic N) is 3. The number of rotatable bonds is 2. The van der Waals surface area contributed by atoms with Crippen LogP contribution < -0.4 is 4.90 Å². The summed E-state index contributed by atoms with van der Waals surface area (Å²) in [7, 11) is 0. The molecule has 2 heterocycles. The number of benzene rings is 1. The second-order valence-electron chi connectivity index (χ2n) is 8.92. The maximum absolute atomic E-state index is 13.0. The molecule has 7 heteroatoms. The zero-order chi connectivity index (χ0) is 21.3. The zero-order valence-electron chi connectivity index (χ0n) is 18.0. The van der Waals surface area contributed by atoms with Crippen molar-refractivity contribution in [2.75, 3.05) is 37.6 Å². The number of amides is 3. The van der Waals surface area contributed by atoms with Crippen LogP contribution in [0.15, 0.2) is 18.2 Å². The molecule has 2 aliphatic rings. The third-order valence-electron chi connectivity index (χ3n) is 5.58. The highest BCUT2D eigenvalue weighted by Crippen LogP contribution is 2.30. The Labute approximate surface area is 172 Å². The number of carbonyl (C=O) groups is 3. The molecule has 1 atom stereocenters. The van der Waals surface area contributed by atoms with Crippen LogP contribution in [0, 0.1) is 19.8 Å². The molecule has 2 saturated heterocycles. The van der Waals surface area contributed by atoms with Crippen LogP contribution in [0.25, 0.3) is 0 Å². The molecule has 0 radical (unpaired) electrons. The predicted molar refractivity (Wildman–Crippen MR) is 111 cm³/mol. The molecular formula is C22H31N3O4. The fourth-order valence-electron chi connectivity index (χ4n) is 3.83. The van der Waals surface area contributed by atoms with Crippen LogP contribution in [0.1, 0.15) is 38.3 Å². The number of carbonyl (C=O) groups excluding carboxylic acids is 3. The smallest absolute Gasteiger partial charge is 0.410 e. The molecule has 0 aromatic heterocycles. The van der Waals surface area contributed by atoms with Crippen molar-refractivity contribution in [1.29, 1.82) is 0 Å². The van der Waals surface area contributed by atoms with Crippen LogP contribution in [0.3, 0.4) is 0 Å². The molecule has 1 aromatic carbocycles. The van der Waals surface area contributed by atoms with Gasteiger partial charge in [-0.3, -0.25) is 9.59 Å². The summed E-state index contributed by atoms with van der Waals surface area (Å²) in [5.74, 6) is -0.352. The van der Waals surface area contributed by atoms with E-state index in [-0.39, 0.29) is 30.2 Å². The molecule has 3 rings (SSSR count). The number of ether oxygens (including phenoxy) is 1. The van der Waals surface area contributed by atoms with E-state index in [9.17, 15) is 14.4 Å². The molecule has 0 aliphatic carbocycles. The van der Waals surface area contributed by atoms with Crippen LogP contribution >= 0.6 is 0 Å². The number of anilines is 1. The lowest BCUT2D eigenvalue weighted by Gasteiger charge is -2.36. The van der Waals surface area contributed by atoms with Gasteiger partial charge in [0.25, 0.3) is 0 Å². The lowest BCUT2D eigenvalue weighted by molar-refractivity contribution is -0.137. The van der Waals surface area contributed by atoms with E-state index in [0.29, 0.717) is 32.7 Å². The van der Waals surface area contributed by atoms with Crippen LogP contribution in [-0.4, -0.2) is 66.0 Å². The van der Waals surface area contributed by atoms with Gasteiger partial charge in [-0.05, 0) is 51.8 Å². The van der Waals surface area contributed by atoms with Crippen molar-refractivity contribution in [2.45, 2.75) is 46.6 Å². The standard InChI is InChI=1S/C22H31N3O4/c1-15-7-6-8-18(16(15)2)25-14-17(13-19(25)26)20(27)23-9-11-24(12-10-23)21(28)29-22(3,4)5/h6-8,17H,9-14H2,1-5H3/t17-/m1/s1. The van der Waals surface area contributed by atoms with E-state index in [4.69, 9.17) is 4.74 Å². The summed E-state index contributed by atoms with van der Waals surface area (Å²) < 4.78 is 5.40. The molecule has 158 valence electrons. The normalized spacial score (nSPS) is 20.2. The van der Waals surface area contributed by atoms with Gasteiger partial charge in [-0.1, -0.05) is 12.1 Å². The summed E-state index contributed by atoms with van der Waals surface area (Å²) in [5.41, 5.74) is 2.55. The third-order valence-corrected chi connectivity index (χ3v) is 5.58. The summed E-state index contributed by atoms with van der Waals surface area (Å²) in [6.07, 6.45) is -0.111. The molecule has 0 N–H and O–H groups in total. The van der Waals surface area contributed by atoms with Gasteiger partial charge >= 0.3 is 6.09 Å². The third kappa shape index (κ3) is 4.71. The Bertz CT molecular complexity index is 807. The first-order chi connectivity index (χ1) is 13.6. The minimum atomic E-state index is -0.536. The number of hydrogen-bond acceptors (Lipinski definition) is 4. The Morgan fingerprint density at radius 2 is 1.66 bits per heavy atom. The summed E-state index contributed by atoms with van der Waals surface area (Å²) in [6, 6.07) is 5.90. The van der Waals surface area contributed by atoms with Crippen LogP contribution in [-0.2, 0) is 14.3 Å². The van der Waals surface area contributed by atoms with E-state index >= 15 is 0 Å². The molecule has 2 aliphatic heterocycles. The topological polar surface area (TPSA) is 70.2 Å². The van der Waals surface area contributed by atoms with Crippen LogP contribution in [0.2, 0.25) is 0 Å². The van der Waals surface area contributed by atoms with Crippen molar-refractivity contribution in [3.8, 4) is 0 Å². The van der Waals surface area contributed by atoms with E-state index in [1.54, 1.807) is 14.7 Å². The highest BCUT2D eigenvalue weighted by atomic mass is 16.6. The van der Waals surface area contributed by atoms with Crippen molar-refractivity contribution in [1.82, 2.24) is 9.80 Å². The lowest BCUT2D eigenvalue weighted by Crippen LogP contribution is -2.53. The number of hydrogen-bond donors (Lipinski definition) is 0.